The minimum Gasteiger partial charge on any atom is -0.491 e. The number of thiazole rings is 1. The van der Waals surface area contributed by atoms with Crippen LogP contribution in [0.5, 0.6) is 5.75 Å². The first kappa shape index (κ1) is 24.1. The van der Waals surface area contributed by atoms with E-state index < -0.39 is 6.10 Å². The van der Waals surface area contributed by atoms with Crippen LogP contribution >= 0.6 is 11.3 Å². The Kier molecular flexibility index (Phi) is 7.29. The molecular weight excluding hydrogens is 467 g/mol. The number of piperazine rings is 1. The van der Waals surface area contributed by atoms with Crippen molar-refractivity contribution in [2.45, 2.75) is 38.5 Å². The van der Waals surface area contributed by atoms with Crippen molar-refractivity contribution >= 4 is 27.3 Å². The van der Waals surface area contributed by atoms with Gasteiger partial charge in [0.25, 0.3) is 0 Å². The molecule has 186 valence electrons. The van der Waals surface area contributed by atoms with Crippen molar-refractivity contribution in [1.29, 1.82) is 0 Å². The van der Waals surface area contributed by atoms with E-state index in [1.54, 1.807) is 23.5 Å². The molecular formula is C26H31FN4O3S. The summed E-state index contributed by atoms with van der Waals surface area (Å²) >= 11 is 1.66. The second-order valence-electron chi connectivity index (χ2n) is 9.41. The Morgan fingerprint density at radius 3 is 2.86 bits per heavy atom. The van der Waals surface area contributed by atoms with Gasteiger partial charge in [0.2, 0.25) is 0 Å². The molecule has 0 unspecified atom stereocenters. The van der Waals surface area contributed by atoms with Crippen molar-refractivity contribution in [2.75, 3.05) is 39.3 Å². The molecule has 9 heteroatoms. The van der Waals surface area contributed by atoms with Crippen molar-refractivity contribution in [3.63, 3.8) is 0 Å². The SMILES string of the molecule is Cc1nc2cc(OC[C@H](O)CN3CCN(C[C@H]4CC(c5ccc(F)cc5)=NO4)C[C@@H]3C)ccc2s1. The minimum atomic E-state index is -0.568. The second-order valence-corrected chi connectivity index (χ2v) is 10.6. The molecule has 0 amide bonds. The van der Waals surface area contributed by atoms with Crippen LogP contribution in [-0.2, 0) is 4.84 Å². The molecule has 7 nitrogen and oxygen atoms in total. The molecule has 0 radical (unpaired) electrons. The Labute approximate surface area is 208 Å². The van der Waals surface area contributed by atoms with Gasteiger partial charge in [0.15, 0.2) is 0 Å². The molecule has 0 aliphatic carbocycles. The van der Waals surface area contributed by atoms with Crippen LogP contribution in [0, 0.1) is 12.7 Å². The summed E-state index contributed by atoms with van der Waals surface area (Å²) in [5.74, 6) is 0.485. The number of hydrogen-bond donors (Lipinski definition) is 1. The van der Waals surface area contributed by atoms with Gasteiger partial charge in [0, 0.05) is 51.3 Å². The lowest BCUT2D eigenvalue weighted by molar-refractivity contribution is -0.000999. The highest BCUT2D eigenvalue weighted by atomic mass is 32.1. The molecule has 3 atom stereocenters. The lowest BCUT2D eigenvalue weighted by Crippen LogP contribution is -2.55. The van der Waals surface area contributed by atoms with E-state index in [2.05, 4.69) is 26.9 Å². The third kappa shape index (κ3) is 5.98. The summed E-state index contributed by atoms with van der Waals surface area (Å²) in [6, 6.07) is 12.6. The third-order valence-corrected chi connectivity index (χ3v) is 7.53. The van der Waals surface area contributed by atoms with Crippen LogP contribution in [0.2, 0.25) is 0 Å². The molecule has 2 aliphatic rings. The number of hydrogen-bond acceptors (Lipinski definition) is 8. The Balaban J connectivity index is 1.05. The molecule has 1 saturated heterocycles. The number of aromatic nitrogens is 1. The van der Waals surface area contributed by atoms with Crippen molar-refractivity contribution in [3.8, 4) is 5.75 Å². The number of rotatable bonds is 8. The van der Waals surface area contributed by atoms with Crippen molar-refractivity contribution in [1.82, 2.24) is 14.8 Å². The first-order chi connectivity index (χ1) is 16.9. The number of aryl methyl sites for hydroxylation is 1. The molecule has 2 aromatic carbocycles. The Bertz CT molecular complexity index is 1190. The normalized spacial score (nSPS) is 22.2. The third-order valence-electron chi connectivity index (χ3n) is 6.58. The van der Waals surface area contributed by atoms with Gasteiger partial charge in [0.1, 0.15) is 30.4 Å². The molecule has 1 fully saturated rings. The van der Waals surface area contributed by atoms with Crippen LogP contribution in [0.25, 0.3) is 10.2 Å². The summed E-state index contributed by atoms with van der Waals surface area (Å²) in [7, 11) is 0. The van der Waals surface area contributed by atoms with E-state index >= 15 is 0 Å². The maximum Gasteiger partial charge on any atom is 0.145 e. The topological polar surface area (TPSA) is 70.4 Å². The zero-order valence-electron chi connectivity index (χ0n) is 20.1. The maximum atomic E-state index is 13.2. The molecule has 3 heterocycles. The summed E-state index contributed by atoms with van der Waals surface area (Å²) < 4.78 is 20.2. The van der Waals surface area contributed by atoms with Gasteiger partial charge in [-0.3, -0.25) is 9.80 Å². The number of benzene rings is 2. The molecule has 1 aromatic heterocycles. The van der Waals surface area contributed by atoms with Crippen LogP contribution in [0.15, 0.2) is 47.6 Å². The second kappa shape index (κ2) is 10.6. The standard InChI is InChI=1S/C26H31FN4O3S/c1-17-13-30(15-23-12-24(29-34-23)19-3-5-20(27)6-4-19)9-10-31(17)14-21(32)16-33-22-7-8-26-25(11-22)28-18(2)35-26/h3-8,11,17,21,23,32H,9-10,12-16H2,1-2H3/t17-,21+,23+/m0/s1. The van der Waals surface area contributed by atoms with Crippen LogP contribution in [0.3, 0.4) is 0 Å². The van der Waals surface area contributed by atoms with E-state index in [0.717, 1.165) is 64.8 Å². The zero-order chi connectivity index (χ0) is 24.4. The fraction of sp³-hybridized carbons (Fsp3) is 0.462. The molecule has 2 aliphatic heterocycles. The van der Waals surface area contributed by atoms with E-state index in [1.807, 2.05) is 25.1 Å². The number of aliphatic hydroxyl groups excluding tert-OH is 1. The molecule has 3 aromatic rings. The summed E-state index contributed by atoms with van der Waals surface area (Å²) in [5, 5.41) is 15.9. The highest BCUT2D eigenvalue weighted by molar-refractivity contribution is 7.18. The number of aliphatic hydroxyl groups is 1. The van der Waals surface area contributed by atoms with E-state index in [0.29, 0.717) is 12.6 Å². The maximum absolute atomic E-state index is 13.2. The molecule has 0 bridgehead atoms. The number of fused-ring (bicyclic) bond motifs is 1. The summed E-state index contributed by atoms with van der Waals surface area (Å²) in [4.78, 5) is 14.9. The first-order valence-corrected chi connectivity index (χ1v) is 12.9. The minimum absolute atomic E-state index is 0.00614. The quantitative estimate of drug-likeness (QED) is 0.511. The number of nitrogens with zero attached hydrogens (tertiary/aromatic N) is 4. The van der Waals surface area contributed by atoms with Gasteiger partial charge in [-0.2, -0.15) is 0 Å². The van der Waals surface area contributed by atoms with E-state index in [-0.39, 0.29) is 18.5 Å². The van der Waals surface area contributed by atoms with Crippen molar-refractivity contribution in [2.24, 2.45) is 5.16 Å². The largest absolute Gasteiger partial charge is 0.491 e. The van der Waals surface area contributed by atoms with Gasteiger partial charge in [0.05, 0.1) is 20.9 Å². The van der Waals surface area contributed by atoms with Crippen LogP contribution in [-0.4, -0.2) is 83.2 Å². The zero-order valence-corrected chi connectivity index (χ0v) is 20.9. The van der Waals surface area contributed by atoms with Gasteiger partial charge >= 0.3 is 0 Å². The molecule has 5 rings (SSSR count). The molecule has 1 N–H and O–H groups in total. The average Bonchev–Trinajstić information content (AvgIpc) is 3.45. The monoisotopic (exact) mass is 498 g/mol. The van der Waals surface area contributed by atoms with Gasteiger partial charge in [-0.25, -0.2) is 9.37 Å². The molecule has 0 spiro atoms. The highest BCUT2D eigenvalue weighted by Crippen LogP contribution is 2.26. The van der Waals surface area contributed by atoms with Crippen LogP contribution in [0.4, 0.5) is 4.39 Å². The number of ether oxygens (including phenoxy) is 1. The van der Waals surface area contributed by atoms with Crippen molar-refractivity contribution in [3.05, 3.63) is 58.9 Å². The van der Waals surface area contributed by atoms with Gasteiger partial charge in [-0.15, -0.1) is 11.3 Å². The molecule has 0 saturated carbocycles. The lowest BCUT2D eigenvalue weighted by atomic mass is 10.0. The predicted molar refractivity (Wildman–Crippen MR) is 136 cm³/mol. The fourth-order valence-electron chi connectivity index (χ4n) is 4.76. The van der Waals surface area contributed by atoms with E-state index in [4.69, 9.17) is 9.57 Å². The molecule has 35 heavy (non-hydrogen) atoms. The Hall–Kier alpha value is -2.59. The summed E-state index contributed by atoms with van der Waals surface area (Å²) in [6.07, 6.45) is 0.163. The Morgan fingerprint density at radius 2 is 2.06 bits per heavy atom. The lowest BCUT2D eigenvalue weighted by Gasteiger charge is -2.41. The van der Waals surface area contributed by atoms with Gasteiger partial charge < -0.3 is 14.7 Å². The predicted octanol–water partition coefficient (Wildman–Crippen LogP) is 3.68. The average molecular weight is 499 g/mol. The number of β-amino-alcohol motifs (C(OH)–C–C–N with tert-alkyl or cyclic N) is 1. The van der Waals surface area contributed by atoms with Gasteiger partial charge in [-0.05, 0) is 43.7 Å². The van der Waals surface area contributed by atoms with Crippen LogP contribution < -0.4 is 4.74 Å². The first-order valence-electron chi connectivity index (χ1n) is 12.1. The number of halogens is 1. The smallest absolute Gasteiger partial charge is 0.145 e. The van der Waals surface area contributed by atoms with Crippen LogP contribution in [0.1, 0.15) is 23.9 Å². The van der Waals surface area contributed by atoms with E-state index in [1.165, 1.54) is 12.1 Å². The highest BCUT2D eigenvalue weighted by Gasteiger charge is 2.30. The van der Waals surface area contributed by atoms with Gasteiger partial charge in [-0.1, -0.05) is 17.3 Å². The summed E-state index contributed by atoms with van der Waals surface area (Å²) in [5.41, 5.74) is 2.71. The van der Waals surface area contributed by atoms with Crippen molar-refractivity contribution < 1.29 is 19.1 Å². The number of oxime groups is 1. The Morgan fingerprint density at radius 1 is 1.23 bits per heavy atom. The summed E-state index contributed by atoms with van der Waals surface area (Å²) in [6.45, 7) is 8.50. The van der Waals surface area contributed by atoms with E-state index in [9.17, 15) is 9.50 Å². The fourth-order valence-corrected chi connectivity index (χ4v) is 5.57.